The van der Waals surface area contributed by atoms with Gasteiger partial charge in [0.05, 0.1) is 41.8 Å². The van der Waals surface area contributed by atoms with E-state index in [1.165, 1.54) is 19.2 Å². The third-order valence-corrected chi connectivity index (χ3v) is 7.07. The first-order valence-corrected chi connectivity index (χ1v) is 12.3. The summed E-state index contributed by atoms with van der Waals surface area (Å²) >= 11 is 0. The molecule has 3 aliphatic rings. The Hall–Kier alpha value is -4.83. The van der Waals surface area contributed by atoms with Crippen LogP contribution in [-0.4, -0.2) is 72.0 Å². The van der Waals surface area contributed by atoms with Crippen molar-refractivity contribution in [2.75, 3.05) is 25.6 Å². The highest BCUT2D eigenvalue weighted by Gasteiger charge is 2.37. The van der Waals surface area contributed by atoms with Gasteiger partial charge >= 0.3 is 0 Å². The molecule has 2 N–H and O–H groups in total. The van der Waals surface area contributed by atoms with Crippen molar-refractivity contribution in [3.8, 4) is 11.5 Å². The van der Waals surface area contributed by atoms with E-state index >= 15 is 0 Å². The number of ether oxygens (including phenoxy) is 2. The fraction of sp³-hybridized carbons (Fsp3) is 0.207. The number of nitrogens with one attached hydrogen (secondary N) is 1. The van der Waals surface area contributed by atoms with Crippen molar-refractivity contribution in [1.82, 2.24) is 4.90 Å². The number of aliphatic hydroxyl groups is 1. The molecule has 1 saturated heterocycles. The zero-order chi connectivity index (χ0) is 27.3. The Kier molecular flexibility index (Phi) is 5.96. The average molecular weight is 526 g/mol. The maximum Gasteiger partial charge on any atom is 0.262 e. The molecule has 1 unspecified atom stereocenters. The first kappa shape index (κ1) is 24.5. The quantitative estimate of drug-likeness (QED) is 0.409. The van der Waals surface area contributed by atoms with Gasteiger partial charge in [-0.15, -0.1) is 0 Å². The maximum absolute atomic E-state index is 13.2. The van der Waals surface area contributed by atoms with E-state index in [9.17, 15) is 24.3 Å². The summed E-state index contributed by atoms with van der Waals surface area (Å²) in [5.74, 6) is -1.03. The van der Waals surface area contributed by atoms with Crippen molar-refractivity contribution >= 4 is 41.0 Å². The third-order valence-electron chi connectivity index (χ3n) is 7.07. The molecule has 2 amide bonds. The molecule has 0 aromatic heterocycles. The topological polar surface area (TPSA) is 135 Å². The second-order valence-corrected chi connectivity index (χ2v) is 9.48. The number of carbonyl (C=O) groups excluding carboxylic acids is 4. The molecule has 0 radical (unpaired) electrons. The summed E-state index contributed by atoms with van der Waals surface area (Å²) in [7, 11) is 1.41. The van der Waals surface area contributed by atoms with Gasteiger partial charge in [0.25, 0.3) is 11.8 Å². The van der Waals surface area contributed by atoms with Crippen LogP contribution in [-0.2, 0) is 4.79 Å². The SMILES string of the molecule is COc1cc2c(cc1OCC(=O)Nc1cccc3c1C(=O)c1ccccc1C3=O)N=C[C@@H]1CC(O)CN1C2=O. The molecule has 0 bridgehead atoms. The van der Waals surface area contributed by atoms with Gasteiger partial charge in [0, 0.05) is 41.9 Å². The molecular weight excluding hydrogens is 502 g/mol. The number of carbonyl (C=O) groups is 4. The predicted octanol–water partition coefficient (Wildman–Crippen LogP) is 2.78. The van der Waals surface area contributed by atoms with E-state index in [0.717, 1.165) is 0 Å². The van der Waals surface area contributed by atoms with Crippen molar-refractivity contribution in [1.29, 1.82) is 0 Å². The van der Waals surface area contributed by atoms with Gasteiger partial charge in [-0.05, 0) is 12.1 Å². The van der Waals surface area contributed by atoms with E-state index < -0.39 is 18.6 Å². The Balaban J connectivity index is 1.22. The van der Waals surface area contributed by atoms with E-state index in [1.807, 2.05) is 0 Å². The molecule has 2 atom stereocenters. The Bertz CT molecular complexity index is 1600. The Morgan fingerprint density at radius 3 is 2.51 bits per heavy atom. The summed E-state index contributed by atoms with van der Waals surface area (Å²) in [5.41, 5.74) is 1.84. The highest BCUT2D eigenvalue weighted by Crippen LogP contribution is 2.38. The number of aliphatic hydroxyl groups excluding tert-OH is 1. The van der Waals surface area contributed by atoms with Gasteiger partial charge in [-0.3, -0.25) is 24.2 Å². The largest absolute Gasteiger partial charge is 0.493 e. The summed E-state index contributed by atoms with van der Waals surface area (Å²) < 4.78 is 11.1. The van der Waals surface area contributed by atoms with Gasteiger partial charge in [-0.25, -0.2) is 0 Å². The average Bonchev–Trinajstić information content (AvgIpc) is 3.28. The molecule has 6 rings (SSSR count). The zero-order valence-corrected chi connectivity index (χ0v) is 20.8. The van der Waals surface area contributed by atoms with Crippen LogP contribution in [0, 0.1) is 0 Å². The minimum atomic E-state index is -0.603. The van der Waals surface area contributed by atoms with Crippen LogP contribution >= 0.6 is 0 Å². The summed E-state index contributed by atoms with van der Waals surface area (Å²) in [6.07, 6.45) is 1.43. The van der Waals surface area contributed by atoms with Crippen molar-refractivity contribution in [2.45, 2.75) is 18.6 Å². The smallest absolute Gasteiger partial charge is 0.262 e. The highest BCUT2D eigenvalue weighted by atomic mass is 16.5. The number of fused-ring (bicyclic) bond motifs is 4. The number of hydrogen-bond donors (Lipinski definition) is 2. The number of amides is 2. The highest BCUT2D eigenvalue weighted by molar-refractivity contribution is 6.30. The number of rotatable bonds is 5. The normalized spacial score (nSPS) is 19.0. The van der Waals surface area contributed by atoms with Crippen LogP contribution in [0.2, 0.25) is 0 Å². The number of anilines is 1. The van der Waals surface area contributed by atoms with Crippen LogP contribution in [0.5, 0.6) is 11.5 Å². The molecule has 10 nitrogen and oxygen atoms in total. The van der Waals surface area contributed by atoms with Gasteiger partial charge in [0.2, 0.25) is 0 Å². The van der Waals surface area contributed by atoms with Gasteiger partial charge in [-0.1, -0.05) is 36.4 Å². The van der Waals surface area contributed by atoms with Crippen molar-refractivity contribution < 1.29 is 33.8 Å². The maximum atomic E-state index is 13.2. The molecule has 1 fully saturated rings. The van der Waals surface area contributed by atoms with Gasteiger partial charge in [0.1, 0.15) is 0 Å². The number of ketones is 2. The van der Waals surface area contributed by atoms with E-state index in [0.29, 0.717) is 23.2 Å². The number of methoxy groups -OCH3 is 1. The van der Waals surface area contributed by atoms with E-state index in [2.05, 4.69) is 10.3 Å². The van der Waals surface area contributed by atoms with Crippen LogP contribution in [0.25, 0.3) is 0 Å². The van der Waals surface area contributed by atoms with Crippen LogP contribution in [0.15, 0.2) is 59.6 Å². The summed E-state index contributed by atoms with van der Waals surface area (Å²) in [6, 6.07) is 14.0. The molecular formula is C29H23N3O7. The Morgan fingerprint density at radius 2 is 1.74 bits per heavy atom. The van der Waals surface area contributed by atoms with Gasteiger partial charge < -0.3 is 24.8 Å². The minimum absolute atomic E-state index is 0.135. The molecule has 2 aliphatic heterocycles. The number of benzene rings is 3. The molecule has 3 aromatic rings. The fourth-order valence-electron chi connectivity index (χ4n) is 5.22. The van der Waals surface area contributed by atoms with E-state index in [1.54, 1.807) is 53.6 Å². The lowest BCUT2D eigenvalue weighted by atomic mass is 9.83. The molecule has 196 valence electrons. The van der Waals surface area contributed by atoms with E-state index in [-0.39, 0.29) is 63.9 Å². The lowest BCUT2D eigenvalue weighted by molar-refractivity contribution is -0.118. The van der Waals surface area contributed by atoms with Crippen molar-refractivity contribution in [3.05, 3.63) is 82.4 Å². The monoisotopic (exact) mass is 525 g/mol. The van der Waals surface area contributed by atoms with Crippen LogP contribution in [0.1, 0.15) is 48.6 Å². The number of hydrogen-bond acceptors (Lipinski definition) is 8. The molecule has 3 aromatic carbocycles. The first-order valence-electron chi connectivity index (χ1n) is 12.3. The lowest BCUT2D eigenvalue weighted by Gasteiger charge is -2.21. The summed E-state index contributed by atoms with van der Waals surface area (Å²) in [4.78, 5) is 58.1. The lowest BCUT2D eigenvalue weighted by Crippen LogP contribution is -2.35. The van der Waals surface area contributed by atoms with Crippen molar-refractivity contribution in [3.63, 3.8) is 0 Å². The van der Waals surface area contributed by atoms with Crippen LogP contribution in [0.4, 0.5) is 11.4 Å². The predicted molar refractivity (Wildman–Crippen MR) is 140 cm³/mol. The number of aliphatic imine (C=N–C) groups is 1. The molecule has 10 heteroatoms. The molecule has 0 saturated carbocycles. The van der Waals surface area contributed by atoms with Crippen LogP contribution in [0.3, 0.4) is 0 Å². The molecule has 39 heavy (non-hydrogen) atoms. The molecule has 2 heterocycles. The summed E-state index contributed by atoms with van der Waals surface area (Å²) in [6.45, 7) is -0.214. The molecule has 0 spiro atoms. The van der Waals surface area contributed by atoms with E-state index in [4.69, 9.17) is 9.47 Å². The third kappa shape index (κ3) is 4.15. The molecule has 1 aliphatic carbocycles. The van der Waals surface area contributed by atoms with Crippen LogP contribution < -0.4 is 14.8 Å². The first-order chi connectivity index (χ1) is 18.9. The number of nitrogens with zero attached hydrogens (tertiary/aromatic N) is 2. The zero-order valence-electron chi connectivity index (χ0n) is 20.8. The van der Waals surface area contributed by atoms with Gasteiger partial charge in [-0.2, -0.15) is 0 Å². The van der Waals surface area contributed by atoms with Crippen molar-refractivity contribution in [2.24, 2.45) is 4.99 Å². The standard InChI is InChI=1S/C29H23N3O7/c1-38-23-10-20-22(30-12-15-9-16(33)13-32(15)29(20)37)11-24(23)39-14-25(34)31-21-8-4-7-19-26(21)28(36)18-6-3-2-5-17(18)27(19)35/h2-8,10-12,15-16,33H,9,13-14H2,1H3,(H,31,34)/t15-,16?/m0/s1. The van der Waals surface area contributed by atoms with Gasteiger partial charge in [0.15, 0.2) is 29.7 Å². The second kappa shape index (κ2) is 9.48. The summed E-state index contributed by atoms with van der Waals surface area (Å²) in [5, 5.41) is 12.6. The fourth-order valence-corrected chi connectivity index (χ4v) is 5.22. The Labute approximate surface area is 222 Å². The minimum Gasteiger partial charge on any atom is -0.493 e. The Morgan fingerprint density at radius 1 is 1.00 bits per heavy atom. The second-order valence-electron chi connectivity index (χ2n) is 9.48.